The lowest BCUT2D eigenvalue weighted by molar-refractivity contribution is -0.123. The Morgan fingerprint density at radius 3 is 2.76 bits per heavy atom. The number of hydrogen-bond donors (Lipinski definition) is 0. The molecule has 2 aliphatic rings. The van der Waals surface area contributed by atoms with Gasteiger partial charge in [0.25, 0.3) is 0 Å². The van der Waals surface area contributed by atoms with Crippen LogP contribution in [-0.2, 0) is 16.1 Å². The molecule has 0 N–H and O–H groups in total. The Labute approximate surface area is 123 Å². The molecule has 21 heavy (non-hydrogen) atoms. The molecule has 1 aromatic carbocycles. The van der Waals surface area contributed by atoms with Gasteiger partial charge in [0.05, 0.1) is 13.2 Å². The number of hydrogen-bond acceptors (Lipinski definition) is 2. The molecule has 3 atom stereocenters. The number of rotatable bonds is 4. The maximum Gasteiger partial charge on any atom is 0.248 e. The first kappa shape index (κ1) is 14.6. The van der Waals surface area contributed by atoms with Crippen LogP contribution in [0.25, 0.3) is 0 Å². The minimum absolute atomic E-state index is 0.0867. The van der Waals surface area contributed by atoms with Crippen molar-refractivity contribution in [1.82, 2.24) is 0 Å². The smallest absolute Gasteiger partial charge is 0.248 e. The zero-order chi connectivity index (χ0) is 14.9. The van der Waals surface area contributed by atoms with Crippen molar-refractivity contribution in [2.24, 2.45) is 17.8 Å². The SMILES string of the molecule is O=C1C[C@H]2CC(F)(F)CC[C@@H]2[C@H]1COCc1ccccc1. The second-order valence-corrected chi connectivity index (χ2v) is 6.30. The van der Waals surface area contributed by atoms with E-state index in [1.54, 1.807) is 0 Å². The van der Waals surface area contributed by atoms with Crippen molar-refractivity contribution in [3.8, 4) is 0 Å². The molecular weight excluding hydrogens is 274 g/mol. The number of Topliss-reactive ketones (excluding diaryl/α,β-unsaturated/α-hetero) is 1. The van der Waals surface area contributed by atoms with Gasteiger partial charge in [-0.1, -0.05) is 30.3 Å². The van der Waals surface area contributed by atoms with Crippen molar-refractivity contribution in [3.63, 3.8) is 0 Å². The summed E-state index contributed by atoms with van der Waals surface area (Å²) in [5.74, 6) is -2.72. The molecule has 114 valence electrons. The molecular formula is C17H20F2O2. The van der Waals surface area contributed by atoms with E-state index in [0.29, 0.717) is 26.1 Å². The fourth-order valence-corrected chi connectivity index (χ4v) is 3.75. The first-order valence-electron chi connectivity index (χ1n) is 7.57. The van der Waals surface area contributed by atoms with Crippen LogP contribution in [-0.4, -0.2) is 18.3 Å². The van der Waals surface area contributed by atoms with E-state index < -0.39 is 5.92 Å². The molecule has 1 aromatic rings. The average Bonchev–Trinajstić information content (AvgIpc) is 2.74. The van der Waals surface area contributed by atoms with E-state index in [4.69, 9.17) is 4.74 Å². The third kappa shape index (κ3) is 3.31. The highest BCUT2D eigenvalue weighted by Gasteiger charge is 2.50. The summed E-state index contributed by atoms with van der Waals surface area (Å²) in [7, 11) is 0. The summed E-state index contributed by atoms with van der Waals surface area (Å²) in [5.41, 5.74) is 1.06. The van der Waals surface area contributed by atoms with Crippen molar-refractivity contribution >= 4 is 5.78 Å². The molecule has 3 rings (SSSR count). The number of carbonyl (C=O) groups excluding carboxylic acids is 1. The number of fused-ring (bicyclic) bond motifs is 1. The maximum absolute atomic E-state index is 13.4. The largest absolute Gasteiger partial charge is 0.376 e. The average molecular weight is 294 g/mol. The van der Waals surface area contributed by atoms with Gasteiger partial charge in [-0.3, -0.25) is 4.79 Å². The summed E-state index contributed by atoms with van der Waals surface area (Å²) in [6.45, 7) is 0.832. The highest BCUT2D eigenvalue weighted by molar-refractivity contribution is 5.84. The second kappa shape index (κ2) is 5.84. The van der Waals surface area contributed by atoms with Gasteiger partial charge in [-0.2, -0.15) is 0 Å². The number of ether oxygens (including phenoxy) is 1. The van der Waals surface area contributed by atoms with E-state index in [9.17, 15) is 13.6 Å². The summed E-state index contributed by atoms with van der Waals surface area (Å²) >= 11 is 0. The van der Waals surface area contributed by atoms with Crippen LogP contribution in [0.5, 0.6) is 0 Å². The molecule has 2 saturated carbocycles. The predicted molar refractivity (Wildman–Crippen MR) is 75.0 cm³/mol. The summed E-state index contributed by atoms with van der Waals surface area (Å²) in [5, 5.41) is 0. The molecule has 4 heteroatoms. The van der Waals surface area contributed by atoms with Gasteiger partial charge in [0.15, 0.2) is 0 Å². The third-order valence-corrected chi connectivity index (χ3v) is 4.81. The standard InChI is InChI=1S/C17H20F2O2/c18-17(19)7-6-14-13(9-17)8-16(20)15(14)11-21-10-12-4-2-1-3-5-12/h1-5,13-15H,6-11H2/t13-,14-,15+/m0/s1. The topological polar surface area (TPSA) is 26.3 Å². The zero-order valence-corrected chi connectivity index (χ0v) is 11.9. The molecule has 2 aliphatic carbocycles. The fraction of sp³-hybridized carbons (Fsp3) is 0.588. The van der Waals surface area contributed by atoms with Gasteiger partial charge < -0.3 is 4.74 Å². The molecule has 0 bridgehead atoms. The Hall–Kier alpha value is -1.29. The molecule has 0 aliphatic heterocycles. The molecule has 0 spiro atoms. The summed E-state index contributed by atoms with van der Waals surface area (Å²) in [6, 6.07) is 9.77. The first-order valence-corrected chi connectivity index (χ1v) is 7.57. The maximum atomic E-state index is 13.4. The lowest BCUT2D eigenvalue weighted by atomic mass is 9.76. The van der Waals surface area contributed by atoms with Crippen LogP contribution in [0.1, 0.15) is 31.2 Å². The van der Waals surface area contributed by atoms with Crippen molar-refractivity contribution in [3.05, 3.63) is 35.9 Å². The number of carbonyl (C=O) groups is 1. The van der Waals surface area contributed by atoms with Gasteiger partial charge >= 0.3 is 0 Å². The molecule has 2 nitrogen and oxygen atoms in total. The molecule has 0 unspecified atom stereocenters. The van der Waals surface area contributed by atoms with Crippen molar-refractivity contribution in [1.29, 1.82) is 0 Å². The second-order valence-electron chi connectivity index (χ2n) is 6.30. The van der Waals surface area contributed by atoms with Gasteiger partial charge in [0.2, 0.25) is 5.92 Å². The number of benzene rings is 1. The summed E-state index contributed by atoms with van der Waals surface area (Å²) in [6.07, 6.45) is 0.539. The van der Waals surface area contributed by atoms with Crippen LogP contribution < -0.4 is 0 Å². The van der Waals surface area contributed by atoms with Crippen LogP contribution in [0.15, 0.2) is 30.3 Å². The first-order chi connectivity index (χ1) is 10.1. The summed E-state index contributed by atoms with van der Waals surface area (Å²) in [4.78, 5) is 12.1. The Morgan fingerprint density at radius 2 is 2.00 bits per heavy atom. The Morgan fingerprint density at radius 1 is 1.24 bits per heavy atom. The van der Waals surface area contributed by atoms with Gasteiger partial charge in [0.1, 0.15) is 5.78 Å². The molecule has 0 heterocycles. The number of alkyl halides is 2. The van der Waals surface area contributed by atoms with E-state index in [0.717, 1.165) is 5.56 Å². The molecule has 0 amide bonds. The van der Waals surface area contributed by atoms with Crippen LogP contribution in [0, 0.1) is 17.8 Å². The Kier molecular flexibility index (Phi) is 4.07. The molecule has 0 saturated heterocycles. The number of halogens is 2. The highest BCUT2D eigenvalue weighted by Crippen LogP contribution is 2.49. The van der Waals surface area contributed by atoms with Gasteiger partial charge in [-0.05, 0) is 23.8 Å². The predicted octanol–water partition coefficient (Wildman–Crippen LogP) is 3.84. The Bertz CT molecular complexity index is 501. The van der Waals surface area contributed by atoms with Gasteiger partial charge in [-0.25, -0.2) is 8.78 Å². The Balaban J connectivity index is 1.55. The molecule has 2 fully saturated rings. The van der Waals surface area contributed by atoms with Crippen molar-refractivity contribution in [2.75, 3.05) is 6.61 Å². The van der Waals surface area contributed by atoms with E-state index in [1.165, 1.54) is 0 Å². The summed E-state index contributed by atoms with van der Waals surface area (Å²) < 4.78 is 32.5. The normalized spacial score (nSPS) is 31.1. The number of ketones is 1. The van der Waals surface area contributed by atoms with E-state index in [-0.39, 0.29) is 36.4 Å². The monoisotopic (exact) mass is 294 g/mol. The van der Waals surface area contributed by atoms with Crippen LogP contribution in [0.3, 0.4) is 0 Å². The fourth-order valence-electron chi connectivity index (χ4n) is 3.75. The molecule has 0 radical (unpaired) electrons. The van der Waals surface area contributed by atoms with E-state index in [1.807, 2.05) is 30.3 Å². The van der Waals surface area contributed by atoms with Gasteiger partial charge in [-0.15, -0.1) is 0 Å². The van der Waals surface area contributed by atoms with Crippen LogP contribution in [0.2, 0.25) is 0 Å². The van der Waals surface area contributed by atoms with Crippen LogP contribution in [0.4, 0.5) is 8.78 Å². The zero-order valence-electron chi connectivity index (χ0n) is 11.9. The van der Waals surface area contributed by atoms with Crippen molar-refractivity contribution < 1.29 is 18.3 Å². The highest BCUT2D eigenvalue weighted by atomic mass is 19.3. The minimum atomic E-state index is -2.58. The lowest BCUT2D eigenvalue weighted by Gasteiger charge is -2.33. The quantitative estimate of drug-likeness (QED) is 0.843. The van der Waals surface area contributed by atoms with E-state index in [2.05, 4.69) is 0 Å². The van der Waals surface area contributed by atoms with Crippen molar-refractivity contribution in [2.45, 2.75) is 38.2 Å². The molecule has 0 aromatic heterocycles. The van der Waals surface area contributed by atoms with Gasteiger partial charge in [0, 0.05) is 25.2 Å². The third-order valence-electron chi connectivity index (χ3n) is 4.81. The lowest BCUT2D eigenvalue weighted by Crippen LogP contribution is -2.33. The minimum Gasteiger partial charge on any atom is -0.376 e. The van der Waals surface area contributed by atoms with Crippen LogP contribution >= 0.6 is 0 Å². The van der Waals surface area contributed by atoms with E-state index >= 15 is 0 Å².